The fourth-order valence-electron chi connectivity index (χ4n) is 3.01. The quantitative estimate of drug-likeness (QED) is 0.691. The number of carbonyl (C=O) groups excluding carboxylic acids is 1. The number of nitrogens with one attached hydrogen (secondary N) is 2. The molecule has 0 aromatic rings. The van der Waals surface area contributed by atoms with Crippen LogP contribution in [-0.2, 0) is 0 Å². The van der Waals surface area contributed by atoms with Crippen molar-refractivity contribution < 1.29 is 23.1 Å². The van der Waals surface area contributed by atoms with E-state index in [1.54, 1.807) is 0 Å². The molecule has 0 radical (unpaired) electrons. The van der Waals surface area contributed by atoms with Gasteiger partial charge in [-0.15, -0.1) is 0 Å². The van der Waals surface area contributed by atoms with Gasteiger partial charge >= 0.3 is 12.2 Å². The molecule has 2 fully saturated rings. The van der Waals surface area contributed by atoms with E-state index < -0.39 is 18.3 Å². The maximum absolute atomic E-state index is 12.3. The SMILES string of the molecule is CC(CO)(NC(=O)NCC1CCN(CC(F)(F)F)C1)C1CC1. The van der Waals surface area contributed by atoms with Crippen molar-refractivity contribution in [3.05, 3.63) is 0 Å². The highest BCUT2D eigenvalue weighted by Gasteiger charge is 2.42. The summed E-state index contributed by atoms with van der Waals surface area (Å²) >= 11 is 0. The predicted molar refractivity (Wildman–Crippen MR) is 75.4 cm³/mol. The molecule has 2 rings (SSSR count). The molecule has 5 nitrogen and oxygen atoms in total. The summed E-state index contributed by atoms with van der Waals surface area (Å²) in [7, 11) is 0. The van der Waals surface area contributed by atoms with Gasteiger partial charge in [-0.1, -0.05) is 0 Å². The second-order valence-corrected chi connectivity index (χ2v) is 6.69. The lowest BCUT2D eigenvalue weighted by Gasteiger charge is -2.29. The van der Waals surface area contributed by atoms with E-state index in [0.29, 0.717) is 32.0 Å². The van der Waals surface area contributed by atoms with Gasteiger partial charge in [0.2, 0.25) is 0 Å². The van der Waals surface area contributed by atoms with E-state index in [9.17, 15) is 23.1 Å². The number of alkyl halides is 3. The molecule has 0 aromatic heterocycles. The fourth-order valence-corrected chi connectivity index (χ4v) is 3.01. The van der Waals surface area contributed by atoms with Crippen LogP contribution in [0.15, 0.2) is 0 Å². The summed E-state index contributed by atoms with van der Waals surface area (Å²) in [5.41, 5.74) is -0.609. The topological polar surface area (TPSA) is 64.6 Å². The molecular weight excluding hydrogens is 299 g/mol. The molecular formula is C14H24F3N3O2. The van der Waals surface area contributed by atoms with Gasteiger partial charge in [-0.2, -0.15) is 13.2 Å². The van der Waals surface area contributed by atoms with Gasteiger partial charge < -0.3 is 15.7 Å². The van der Waals surface area contributed by atoms with E-state index in [1.165, 1.54) is 4.90 Å². The summed E-state index contributed by atoms with van der Waals surface area (Å²) < 4.78 is 36.9. The van der Waals surface area contributed by atoms with E-state index in [1.807, 2.05) is 6.92 Å². The zero-order chi connectivity index (χ0) is 16.4. The Balaban J connectivity index is 1.69. The van der Waals surface area contributed by atoms with Gasteiger partial charge in [-0.05, 0) is 44.6 Å². The van der Waals surface area contributed by atoms with Gasteiger partial charge in [0.25, 0.3) is 0 Å². The highest BCUT2D eigenvalue weighted by molar-refractivity contribution is 5.74. The second kappa shape index (κ2) is 6.62. The van der Waals surface area contributed by atoms with Crippen LogP contribution in [0, 0.1) is 11.8 Å². The van der Waals surface area contributed by atoms with Crippen LogP contribution in [0.25, 0.3) is 0 Å². The van der Waals surface area contributed by atoms with Crippen LogP contribution in [0.3, 0.4) is 0 Å². The van der Waals surface area contributed by atoms with E-state index in [2.05, 4.69) is 10.6 Å². The molecule has 2 atom stereocenters. The number of hydrogen-bond donors (Lipinski definition) is 3. The molecule has 0 aromatic carbocycles. The van der Waals surface area contributed by atoms with Crippen LogP contribution in [0.2, 0.25) is 0 Å². The van der Waals surface area contributed by atoms with E-state index in [4.69, 9.17) is 0 Å². The molecule has 1 heterocycles. The van der Waals surface area contributed by atoms with E-state index in [0.717, 1.165) is 12.8 Å². The predicted octanol–water partition coefficient (Wildman–Crippen LogP) is 1.33. The first kappa shape index (κ1) is 17.3. The molecule has 1 saturated heterocycles. The molecule has 2 unspecified atom stereocenters. The zero-order valence-electron chi connectivity index (χ0n) is 12.7. The van der Waals surface area contributed by atoms with Gasteiger partial charge in [0.05, 0.1) is 18.7 Å². The van der Waals surface area contributed by atoms with Gasteiger partial charge in [-0.25, -0.2) is 4.79 Å². The van der Waals surface area contributed by atoms with Crippen molar-refractivity contribution in [1.29, 1.82) is 0 Å². The first-order valence-electron chi connectivity index (χ1n) is 7.68. The molecule has 22 heavy (non-hydrogen) atoms. The normalized spacial score (nSPS) is 25.8. The lowest BCUT2D eigenvalue weighted by Crippen LogP contribution is -2.54. The number of likely N-dealkylation sites (tertiary alicyclic amines) is 1. The largest absolute Gasteiger partial charge is 0.401 e. The Morgan fingerprint density at radius 1 is 1.32 bits per heavy atom. The third-order valence-corrected chi connectivity index (χ3v) is 4.53. The van der Waals surface area contributed by atoms with Crippen LogP contribution in [0.1, 0.15) is 26.2 Å². The Labute approximate surface area is 128 Å². The number of amides is 2. The summed E-state index contributed by atoms with van der Waals surface area (Å²) in [6, 6.07) is -0.363. The lowest BCUT2D eigenvalue weighted by atomic mass is 9.97. The molecule has 1 aliphatic carbocycles. The summed E-state index contributed by atoms with van der Waals surface area (Å²) in [6.07, 6.45) is -1.54. The molecule has 0 spiro atoms. The second-order valence-electron chi connectivity index (χ2n) is 6.69. The van der Waals surface area contributed by atoms with Crippen LogP contribution in [-0.4, -0.2) is 60.5 Å². The summed E-state index contributed by atoms with van der Waals surface area (Å²) in [5, 5.41) is 14.9. The number of rotatable bonds is 6. The number of halogens is 3. The Morgan fingerprint density at radius 3 is 2.55 bits per heavy atom. The molecule has 128 valence electrons. The standard InChI is InChI=1S/C14H24F3N3O2/c1-13(9-21,11-2-3-11)19-12(22)18-6-10-4-5-20(7-10)8-14(15,16)17/h10-11,21H,2-9H2,1H3,(H2,18,19,22). The van der Waals surface area contributed by atoms with Crippen molar-refractivity contribution >= 4 is 6.03 Å². The molecule has 1 aliphatic heterocycles. The van der Waals surface area contributed by atoms with E-state index in [-0.39, 0.29) is 18.6 Å². The Bertz CT molecular complexity index is 401. The third kappa shape index (κ3) is 5.01. The van der Waals surface area contributed by atoms with Crippen molar-refractivity contribution in [3.63, 3.8) is 0 Å². The minimum atomic E-state index is -4.17. The van der Waals surface area contributed by atoms with Crippen molar-refractivity contribution in [2.24, 2.45) is 11.8 Å². The van der Waals surface area contributed by atoms with Crippen LogP contribution >= 0.6 is 0 Å². The van der Waals surface area contributed by atoms with Crippen LogP contribution in [0.5, 0.6) is 0 Å². The molecule has 8 heteroatoms. The monoisotopic (exact) mass is 323 g/mol. The minimum absolute atomic E-state index is 0.0365. The summed E-state index contributed by atoms with van der Waals surface area (Å²) in [5.74, 6) is 0.339. The summed E-state index contributed by atoms with van der Waals surface area (Å²) in [4.78, 5) is 13.3. The van der Waals surface area contributed by atoms with Gasteiger partial charge in [0, 0.05) is 13.1 Å². The van der Waals surface area contributed by atoms with Crippen molar-refractivity contribution in [2.75, 3.05) is 32.8 Å². The number of carbonyl (C=O) groups is 1. The fraction of sp³-hybridized carbons (Fsp3) is 0.929. The highest BCUT2D eigenvalue weighted by Crippen LogP contribution is 2.39. The maximum Gasteiger partial charge on any atom is 0.401 e. The minimum Gasteiger partial charge on any atom is -0.394 e. The molecule has 3 N–H and O–H groups in total. The van der Waals surface area contributed by atoms with Crippen LogP contribution < -0.4 is 10.6 Å². The number of hydrogen-bond acceptors (Lipinski definition) is 3. The maximum atomic E-state index is 12.3. The Kier molecular flexibility index (Phi) is 5.21. The molecule has 1 saturated carbocycles. The van der Waals surface area contributed by atoms with E-state index >= 15 is 0 Å². The molecule has 2 amide bonds. The number of nitrogens with zero attached hydrogens (tertiary/aromatic N) is 1. The zero-order valence-corrected chi connectivity index (χ0v) is 12.7. The van der Waals surface area contributed by atoms with Gasteiger partial charge in [-0.3, -0.25) is 4.90 Å². The van der Waals surface area contributed by atoms with Gasteiger partial charge in [0.15, 0.2) is 0 Å². The highest BCUT2D eigenvalue weighted by atomic mass is 19.4. The molecule has 2 aliphatic rings. The van der Waals surface area contributed by atoms with Crippen LogP contribution in [0.4, 0.5) is 18.0 Å². The lowest BCUT2D eigenvalue weighted by molar-refractivity contribution is -0.143. The molecule has 0 bridgehead atoms. The van der Waals surface area contributed by atoms with Gasteiger partial charge in [0.1, 0.15) is 0 Å². The number of aliphatic hydroxyl groups excluding tert-OH is 1. The smallest absolute Gasteiger partial charge is 0.394 e. The Morgan fingerprint density at radius 2 is 2.00 bits per heavy atom. The van der Waals surface area contributed by atoms with Crippen molar-refractivity contribution in [3.8, 4) is 0 Å². The van der Waals surface area contributed by atoms with Crippen molar-refractivity contribution in [2.45, 2.75) is 37.9 Å². The number of urea groups is 1. The average molecular weight is 323 g/mol. The number of aliphatic hydroxyl groups is 1. The first-order valence-corrected chi connectivity index (χ1v) is 7.68. The third-order valence-electron chi connectivity index (χ3n) is 4.53. The first-order chi connectivity index (χ1) is 10.2. The summed E-state index contributed by atoms with van der Waals surface area (Å²) in [6.45, 7) is 1.91. The average Bonchev–Trinajstić information content (AvgIpc) is 3.18. The Hall–Kier alpha value is -1.02. The van der Waals surface area contributed by atoms with Crippen molar-refractivity contribution in [1.82, 2.24) is 15.5 Å².